The Balaban J connectivity index is 3.02. The van der Waals surface area contributed by atoms with E-state index in [1.165, 1.54) is 0 Å². The summed E-state index contributed by atoms with van der Waals surface area (Å²) < 4.78 is 50.9. The highest BCUT2D eigenvalue weighted by Crippen LogP contribution is 2.29. The molecule has 1 rings (SSSR count). The molecule has 0 N–H and O–H groups in total. The molecule has 14 heavy (non-hydrogen) atoms. The number of rotatable bonds is 1. The van der Waals surface area contributed by atoms with E-state index in [9.17, 15) is 17.6 Å². The second-order valence-electron chi connectivity index (χ2n) is 2.09. The first-order chi connectivity index (χ1) is 6.29. The van der Waals surface area contributed by atoms with Crippen LogP contribution in [0.25, 0.3) is 0 Å². The minimum atomic E-state index is -4.92. The van der Waals surface area contributed by atoms with Crippen molar-refractivity contribution in [1.82, 2.24) is 4.98 Å². The maximum atomic E-state index is 12.8. The zero-order chi connectivity index (χ0) is 10.9. The number of nitrogens with zero attached hydrogens (tertiary/aromatic N) is 1. The maximum Gasteiger partial charge on any atom is 0.574 e. The summed E-state index contributed by atoms with van der Waals surface area (Å²) in [7, 11) is 0. The molecule has 0 saturated heterocycles. The number of halogens is 6. The second-order valence-corrected chi connectivity index (χ2v) is 3.25. The van der Waals surface area contributed by atoms with Crippen LogP contribution in [0.4, 0.5) is 17.6 Å². The molecule has 0 amide bonds. The molecule has 0 aromatic carbocycles. The summed E-state index contributed by atoms with van der Waals surface area (Å²) in [4.78, 5) is 3.16. The lowest BCUT2D eigenvalue weighted by Crippen LogP contribution is -2.18. The molecule has 78 valence electrons. The Kier molecular flexibility index (Phi) is 3.20. The quantitative estimate of drug-likeness (QED) is 0.584. The Morgan fingerprint density at radius 1 is 1.43 bits per heavy atom. The van der Waals surface area contributed by atoms with Gasteiger partial charge in [-0.1, -0.05) is 11.6 Å². The molecule has 0 aliphatic carbocycles. The van der Waals surface area contributed by atoms with E-state index < -0.39 is 23.2 Å². The van der Waals surface area contributed by atoms with Crippen molar-refractivity contribution in [2.45, 2.75) is 6.36 Å². The van der Waals surface area contributed by atoms with Crippen molar-refractivity contribution < 1.29 is 22.3 Å². The molecule has 0 atom stereocenters. The molecule has 1 aromatic rings. The summed E-state index contributed by atoms with van der Waals surface area (Å²) in [6.07, 6.45) is -4.92. The molecule has 1 heterocycles. The van der Waals surface area contributed by atoms with Gasteiger partial charge in [-0.25, -0.2) is 4.39 Å². The average molecular weight is 294 g/mol. The van der Waals surface area contributed by atoms with Gasteiger partial charge in [-0.15, -0.1) is 13.2 Å². The highest BCUT2D eigenvalue weighted by Gasteiger charge is 2.32. The van der Waals surface area contributed by atoms with E-state index in [1.807, 2.05) is 0 Å². The van der Waals surface area contributed by atoms with Gasteiger partial charge in [-0.2, -0.15) is 4.98 Å². The fourth-order valence-corrected chi connectivity index (χ4v) is 0.996. The first kappa shape index (κ1) is 11.5. The fraction of sp³-hybridized carbons (Fsp3) is 0.167. The highest BCUT2D eigenvalue weighted by molar-refractivity contribution is 9.10. The van der Waals surface area contributed by atoms with E-state index in [4.69, 9.17) is 11.6 Å². The topological polar surface area (TPSA) is 22.1 Å². The van der Waals surface area contributed by atoms with Gasteiger partial charge in [0.15, 0.2) is 0 Å². The van der Waals surface area contributed by atoms with Crippen LogP contribution in [0, 0.1) is 5.82 Å². The maximum absolute atomic E-state index is 12.8. The van der Waals surface area contributed by atoms with Crippen molar-refractivity contribution >= 4 is 27.5 Å². The largest absolute Gasteiger partial charge is 0.574 e. The zero-order valence-electron chi connectivity index (χ0n) is 6.20. The van der Waals surface area contributed by atoms with Crippen LogP contribution in [-0.4, -0.2) is 11.3 Å². The lowest BCUT2D eigenvalue weighted by atomic mass is 10.5. The van der Waals surface area contributed by atoms with Gasteiger partial charge in [0.05, 0.1) is 4.47 Å². The first-order valence-corrected chi connectivity index (χ1v) is 4.24. The van der Waals surface area contributed by atoms with Crippen molar-refractivity contribution in [3.05, 3.63) is 21.5 Å². The number of hydrogen-bond acceptors (Lipinski definition) is 2. The van der Waals surface area contributed by atoms with Crippen molar-refractivity contribution in [3.8, 4) is 5.88 Å². The van der Waals surface area contributed by atoms with Crippen LogP contribution in [0.1, 0.15) is 0 Å². The molecule has 0 fully saturated rings. The van der Waals surface area contributed by atoms with Crippen LogP contribution in [-0.2, 0) is 0 Å². The van der Waals surface area contributed by atoms with Crippen molar-refractivity contribution in [1.29, 1.82) is 0 Å². The van der Waals surface area contributed by atoms with Crippen LogP contribution in [0.3, 0.4) is 0 Å². The van der Waals surface area contributed by atoms with Gasteiger partial charge in [-0.05, 0) is 15.9 Å². The van der Waals surface area contributed by atoms with Gasteiger partial charge in [0.25, 0.3) is 0 Å². The minimum absolute atomic E-state index is 0.214. The Labute approximate surface area is 89.0 Å². The molecule has 2 nitrogen and oxygen atoms in total. The van der Waals surface area contributed by atoms with E-state index in [2.05, 4.69) is 25.7 Å². The van der Waals surface area contributed by atoms with Crippen LogP contribution in [0.2, 0.25) is 5.15 Å². The Bertz CT molecular complexity index is 333. The SMILES string of the molecule is Fc1cc(OC(F)(F)F)nc(Cl)c1Br. The molecule has 0 aliphatic heterocycles. The van der Waals surface area contributed by atoms with E-state index in [0.717, 1.165) is 0 Å². The van der Waals surface area contributed by atoms with E-state index in [0.29, 0.717) is 6.07 Å². The lowest BCUT2D eigenvalue weighted by Gasteiger charge is -2.08. The average Bonchev–Trinajstić information content (AvgIpc) is 1.96. The number of ether oxygens (including phenoxy) is 1. The Morgan fingerprint density at radius 2 is 2.00 bits per heavy atom. The molecule has 0 spiro atoms. The zero-order valence-corrected chi connectivity index (χ0v) is 8.54. The summed E-state index contributed by atoms with van der Waals surface area (Å²) in [5.41, 5.74) is 0. The fourth-order valence-electron chi connectivity index (χ4n) is 0.619. The van der Waals surface area contributed by atoms with Gasteiger partial charge >= 0.3 is 6.36 Å². The van der Waals surface area contributed by atoms with Crippen LogP contribution in [0.15, 0.2) is 10.5 Å². The number of aromatic nitrogens is 1. The predicted octanol–water partition coefficient (Wildman–Crippen LogP) is 3.54. The van der Waals surface area contributed by atoms with Gasteiger partial charge in [-0.3, -0.25) is 0 Å². The molecule has 0 unspecified atom stereocenters. The third-order valence-electron chi connectivity index (χ3n) is 1.07. The Hall–Kier alpha value is -0.560. The summed E-state index contributed by atoms with van der Waals surface area (Å²) >= 11 is 7.99. The normalized spacial score (nSPS) is 11.6. The molecule has 0 bridgehead atoms. The van der Waals surface area contributed by atoms with Crippen LogP contribution in [0.5, 0.6) is 5.88 Å². The third-order valence-corrected chi connectivity index (χ3v) is 2.33. The molecule has 0 aliphatic rings. The van der Waals surface area contributed by atoms with E-state index in [-0.39, 0.29) is 4.47 Å². The van der Waals surface area contributed by atoms with E-state index >= 15 is 0 Å². The second kappa shape index (κ2) is 3.90. The molecular weight excluding hydrogens is 293 g/mol. The van der Waals surface area contributed by atoms with Gasteiger partial charge in [0.2, 0.25) is 5.88 Å². The van der Waals surface area contributed by atoms with Crippen molar-refractivity contribution in [2.75, 3.05) is 0 Å². The smallest absolute Gasteiger partial charge is 0.388 e. The van der Waals surface area contributed by atoms with Crippen LogP contribution < -0.4 is 4.74 Å². The number of pyridine rings is 1. The summed E-state index contributed by atoms with van der Waals surface area (Å²) in [5, 5.41) is -0.441. The first-order valence-electron chi connectivity index (χ1n) is 3.07. The van der Waals surface area contributed by atoms with Crippen molar-refractivity contribution in [2.24, 2.45) is 0 Å². The summed E-state index contributed by atoms with van der Waals surface area (Å²) in [6, 6.07) is 0.476. The van der Waals surface area contributed by atoms with Crippen molar-refractivity contribution in [3.63, 3.8) is 0 Å². The molecule has 1 aromatic heterocycles. The van der Waals surface area contributed by atoms with Crippen LogP contribution >= 0.6 is 27.5 Å². The monoisotopic (exact) mass is 293 g/mol. The standard InChI is InChI=1S/C6HBrClF4NO/c7-4-2(9)1-3(13-5(4)8)14-6(10,11)12/h1H. The lowest BCUT2D eigenvalue weighted by molar-refractivity contribution is -0.276. The van der Waals surface area contributed by atoms with Gasteiger partial charge in [0.1, 0.15) is 11.0 Å². The summed E-state index contributed by atoms with van der Waals surface area (Å²) in [6.45, 7) is 0. The Morgan fingerprint density at radius 3 is 2.43 bits per heavy atom. The van der Waals surface area contributed by atoms with Gasteiger partial charge < -0.3 is 4.74 Å². The molecule has 8 heteroatoms. The number of hydrogen-bond donors (Lipinski definition) is 0. The molecular formula is C6HBrClF4NO. The third kappa shape index (κ3) is 2.98. The van der Waals surface area contributed by atoms with Gasteiger partial charge in [0, 0.05) is 6.07 Å². The summed E-state index contributed by atoms with van der Waals surface area (Å²) in [5.74, 6) is -1.92. The molecule has 0 saturated carbocycles. The predicted molar refractivity (Wildman–Crippen MR) is 43.6 cm³/mol. The molecule has 0 radical (unpaired) electrons. The van der Waals surface area contributed by atoms with E-state index in [1.54, 1.807) is 0 Å². The highest BCUT2D eigenvalue weighted by atomic mass is 79.9. The minimum Gasteiger partial charge on any atom is -0.388 e. The number of alkyl halides is 3.